The van der Waals surface area contributed by atoms with Crippen molar-refractivity contribution in [3.05, 3.63) is 47.1 Å². The molecule has 22 heavy (non-hydrogen) atoms. The minimum absolute atomic E-state index is 0.384. The van der Waals surface area contributed by atoms with E-state index in [0.29, 0.717) is 22.2 Å². The summed E-state index contributed by atoms with van der Waals surface area (Å²) >= 11 is 1.18. The van der Waals surface area contributed by atoms with Crippen molar-refractivity contribution in [3.63, 3.8) is 0 Å². The smallest absolute Gasteiger partial charge is 0.181 e. The summed E-state index contributed by atoms with van der Waals surface area (Å²) in [6.45, 7) is 0.630. The second-order valence-corrected chi connectivity index (χ2v) is 5.65. The maximum atomic E-state index is 9.11. The van der Waals surface area contributed by atoms with Crippen molar-refractivity contribution in [2.24, 2.45) is 0 Å². The van der Waals surface area contributed by atoms with Crippen molar-refractivity contribution in [1.29, 1.82) is 5.26 Å². The Balaban J connectivity index is 1.82. The third-order valence-electron chi connectivity index (χ3n) is 3.16. The van der Waals surface area contributed by atoms with Crippen molar-refractivity contribution in [2.45, 2.75) is 6.54 Å². The highest BCUT2D eigenvalue weighted by molar-refractivity contribution is 7.16. The molecule has 0 amide bonds. The molecule has 2 N–H and O–H groups in total. The number of benzene rings is 1. The van der Waals surface area contributed by atoms with Gasteiger partial charge in [0.15, 0.2) is 5.13 Å². The van der Waals surface area contributed by atoms with Crippen molar-refractivity contribution >= 4 is 16.5 Å². The molecule has 0 radical (unpaired) electrons. The fourth-order valence-corrected chi connectivity index (χ4v) is 2.75. The van der Waals surface area contributed by atoms with E-state index < -0.39 is 0 Å². The zero-order valence-electron chi connectivity index (χ0n) is 11.9. The van der Waals surface area contributed by atoms with Crippen molar-refractivity contribution in [3.8, 4) is 23.1 Å². The zero-order chi connectivity index (χ0) is 15.5. The van der Waals surface area contributed by atoms with Crippen LogP contribution in [0.1, 0.15) is 10.4 Å². The molecule has 0 aliphatic rings. The van der Waals surface area contributed by atoms with Crippen molar-refractivity contribution in [2.75, 3.05) is 12.8 Å². The molecule has 0 saturated heterocycles. The number of nitrogens with two attached hydrogens (primary N) is 1. The summed E-state index contributed by atoms with van der Waals surface area (Å²) in [7, 11) is 1.64. The van der Waals surface area contributed by atoms with Crippen LogP contribution in [0.4, 0.5) is 5.13 Å². The number of hydrogen-bond acceptors (Lipinski definition) is 6. The lowest BCUT2D eigenvalue weighted by atomic mass is 10.2. The second kappa shape index (κ2) is 5.87. The predicted octanol–water partition coefficient (Wildman–Crippen LogP) is 2.52. The third-order valence-corrected chi connectivity index (χ3v) is 3.94. The lowest BCUT2D eigenvalue weighted by molar-refractivity contribution is 0.414. The number of rotatable bonds is 4. The van der Waals surface area contributed by atoms with E-state index in [1.54, 1.807) is 18.0 Å². The largest absolute Gasteiger partial charge is 0.497 e. The molecule has 0 fully saturated rings. The Hall–Kier alpha value is -2.85. The summed E-state index contributed by atoms with van der Waals surface area (Å²) in [5, 5.41) is 13.8. The Morgan fingerprint density at radius 3 is 2.82 bits per heavy atom. The normalized spacial score (nSPS) is 10.4. The quantitative estimate of drug-likeness (QED) is 0.799. The monoisotopic (exact) mass is 311 g/mol. The Morgan fingerprint density at radius 1 is 1.36 bits per heavy atom. The molecule has 0 spiro atoms. The maximum Gasteiger partial charge on any atom is 0.181 e. The highest BCUT2D eigenvalue weighted by Crippen LogP contribution is 2.28. The van der Waals surface area contributed by atoms with Crippen LogP contribution in [0.2, 0.25) is 0 Å². The number of hydrogen-bond donors (Lipinski definition) is 1. The van der Waals surface area contributed by atoms with Crippen LogP contribution in [-0.2, 0) is 6.54 Å². The van der Waals surface area contributed by atoms with Gasteiger partial charge in [-0.25, -0.2) is 4.98 Å². The number of aromatic nitrogens is 3. The van der Waals surface area contributed by atoms with Gasteiger partial charge in [0.2, 0.25) is 0 Å². The summed E-state index contributed by atoms with van der Waals surface area (Å²) in [4.78, 5) is 4.70. The molecule has 6 nitrogen and oxygen atoms in total. The van der Waals surface area contributed by atoms with Gasteiger partial charge in [0.1, 0.15) is 22.4 Å². The molecular formula is C15H13N5OS. The molecule has 3 rings (SSSR count). The molecule has 3 aromatic rings. The molecule has 7 heteroatoms. The standard InChI is InChI=1S/C15H13N5OS/c1-21-12-4-2-10(3-5-12)8-20-9-11(7-18-20)14-13(6-16)22-15(17)19-14/h2-5,7,9H,8H2,1H3,(H2,17,19). The van der Waals surface area contributed by atoms with Gasteiger partial charge in [-0.3, -0.25) is 4.68 Å². The highest BCUT2D eigenvalue weighted by Gasteiger charge is 2.13. The molecule has 1 aromatic carbocycles. The fraction of sp³-hybridized carbons (Fsp3) is 0.133. The van der Waals surface area contributed by atoms with Crippen LogP contribution in [0.3, 0.4) is 0 Å². The lowest BCUT2D eigenvalue weighted by Crippen LogP contribution is -1.99. The van der Waals surface area contributed by atoms with Gasteiger partial charge in [-0.1, -0.05) is 23.5 Å². The summed E-state index contributed by atoms with van der Waals surface area (Å²) in [5.74, 6) is 0.821. The second-order valence-electron chi connectivity index (χ2n) is 4.62. The SMILES string of the molecule is COc1ccc(Cn2cc(-c3nc(N)sc3C#N)cn2)cc1. The fourth-order valence-electron chi connectivity index (χ4n) is 2.10. The van der Waals surface area contributed by atoms with E-state index in [9.17, 15) is 0 Å². The number of thiazole rings is 1. The molecular weight excluding hydrogens is 298 g/mol. The number of methoxy groups -OCH3 is 1. The van der Waals surface area contributed by atoms with E-state index in [0.717, 1.165) is 16.9 Å². The van der Waals surface area contributed by atoms with E-state index in [1.165, 1.54) is 11.3 Å². The minimum atomic E-state index is 0.384. The van der Waals surface area contributed by atoms with E-state index in [2.05, 4.69) is 16.2 Å². The molecule has 0 aliphatic heterocycles. The van der Waals surface area contributed by atoms with Gasteiger partial charge >= 0.3 is 0 Å². The van der Waals surface area contributed by atoms with E-state index >= 15 is 0 Å². The average Bonchev–Trinajstić information content (AvgIpc) is 3.14. The summed E-state index contributed by atoms with van der Waals surface area (Å²) in [5.41, 5.74) is 8.15. The van der Waals surface area contributed by atoms with Crippen LogP contribution in [0.5, 0.6) is 5.75 Å². The molecule has 2 heterocycles. The summed E-state index contributed by atoms with van der Waals surface area (Å²) in [6.07, 6.45) is 3.55. The average molecular weight is 311 g/mol. The number of nitriles is 1. The Kier molecular flexibility index (Phi) is 3.76. The predicted molar refractivity (Wildman–Crippen MR) is 84.6 cm³/mol. The topological polar surface area (TPSA) is 89.8 Å². The minimum Gasteiger partial charge on any atom is -0.497 e. The van der Waals surface area contributed by atoms with Crippen molar-refractivity contribution < 1.29 is 4.74 Å². The van der Waals surface area contributed by atoms with Crippen LogP contribution < -0.4 is 10.5 Å². The van der Waals surface area contributed by atoms with E-state index in [4.69, 9.17) is 15.7 Å². The molecule has 0 saturated carbocycles. The summed E-state index contributed by atoms with van der Waals surface area (Å²) < 4.78 is 6.94. The number of nitrogens with zero attached hydrogens (tertiary/aromatic N) is 4. The Bertz CT molecular complexity index is 828. The van der Waals surface area contributed by atoms with Gasteiger partial charge in [0.05, 0.1) is 19.9 Å². The van der Waals surface area contributed by atoms with Crippen LogP contribution in [0.15, 0.2) is 36.7 Å². The van der Waals surface area contributed by atoms with Gasteiger partial charge in [0, 0.05) is 11.8 Å². The molecule has 0 aliphatic carbocycles. The van der Waals surface area contributed by atoms with Gasteiger partial charge in [0.25, 0.3) is 0 Å². The zero-order valence-corrected chi connectivity index (χ0v) is 12.7. The van der Waals surface area contributed by atoms with E-state index in [1.807, 2.05) is 30.5 Å². The molecule has 110 valence electrons. The highest BCUT2D eigenvalue weighted by atomic mass is 32.1. The first-order valence-corrected chi connectivity index (χ1v) is 7.33. The van der Waals surface area contributed by atoms with Crippen LogP contribution in [0.25, 0.3) is 11.3 Å². The summed E-state index contributed by atoms with van der Waals surface area (Å²) in [6, 6.07) is 9.91. The first kappa shape index (κ1) is 14.1. The third kappa shape index (κ3) is 2.77. The first-order valence-electron chi connectivity index (χ1n) is 6.52. The van der Waals surface area contributed by atoms with Gasteiger partial charge in [-0.15, -0.1) is 0 Å². The van der Waals surface area contributed by atoms with Gasteiger partial charge in [-0.05, 0) is 17.7 Å². The molecule has 2 aromatic heterocycles. The van der Waals surface area contributed by atoms with Crippen LogP contribution in [0, 0.1) is 11.3 Å². The number of nitrogen functional groups attached to an aromatic ring is 1. The Labute approximate surface area is 131 Å². The molecule has 0 atom stereocenters. The maximum absolute atomic E-state index is 9.11. The number of anilines is 1. The lowest BCUT2D eigenvalue weighted by Gasteiger charge is -2.03. The van der Waals surface area contributed by atoms with Crippen LogP contribution >= 0.6 is 11.3 Å². The number of ether oxygens (including phenoxy) is 1. The van der Waals surface area contributed by atoms with E-state index in [-0.39, 0.29) is 0 Å². The first-order chi connectivity index (χ1) is 10.7. The van der Waals surface area contributed by atoms with Gasteiger partial charge < -0.3 is 10.5 Å². The van der Waals surface area contributed by atoms with Gasteiger partial charge in [-0.2, -0.15) is 10.4 Å². The molecule has 0 bridgehead atoms. The van der Waals surface area contributed by atoms with Crippen LogP contribution in [-0.4, -0.2) is 21.9 Å². The Morgan fingerprint density at radius 2 is 2.14 bits per heavy atom. The van der Waals surface area contributed by atoms with Crippen molar-refractivity contribution in [1.82, 2.24) is 14.8 Å². The molecule has 0 unspecified atom stereocenters.